The van der Waals surface area contributed by atoms with E-state index in [9.17, 15) is 9.59 Å². The third-order valence-corrected chi connectivity index (χ3v) is 3.70. The molecular formula is C19H22N2O6. The molecule has 0 aliphatic heterocycles. The fraction of sp³-hybridized carbons (Fsp3) is 0.263. The van der Waals surface area contributed by atoms with E-state index in [0.29, 0.717) is 34.2 Å². The number of ether oxygens (including phenoxy) is 4. The van der Waals surface area contributed by atoms with Gasteiger partial charge in [0.2, 0.25) is 5.75 Å². The molecule has 0 aliphatic carbocycles. The molecule has 2 aromatic carbocycles. The zero-order valence-corrected chi connectivity index (χ0v) is 15.6. The first kappa shape index (κ1) is 19.9. The van der Waals surface area contributed by atoms with Gasteiger partial charge in [0.05, 0.1) is 26.9 Å². The summed E-state index contributed by atoms with van der Waals surface area (Å²) in [6.45, 7) is -0.437. The number of esters is 1. The van der Waals surface area contributed by atoms with Gasteiger partial charge in [-0.1, -0.05) is 12.1 Å². The minimum atomic E-state index is -0.597. The van der Waals surface area contributed by atoms with Gasteiger partial charge in [-0.05, 0) is 12.1 Å². The maximum atomic E-state index is 12.2. The number of methoxy groups -OCH3 is 3. The highest BCUT2D eigenvalue weighted by molar-refractivity contribution is 5.98. The maximum absolute atomic E-state index is 12.2. The number of carbonyl (C=O) groups is 2. The lowest BCUT2D eigenvalue weighted by Crippen LogP contribution is -2.21. The number of hydrogen-bond acceptors (Lipinski definition) is 7. The van der Waals surface area contributed by atoms with Crippen LogP contribution in [0.1, 0.15) is 10.4 Å². The molecule has 2 aromatic rings. The number of nitrogens with one attached hydrogen (secondary N) is 2. The molecule has 27 heavy (non-hydrogen) atoms. The van der Waals surface area contributed by atoms with Crippen LogP contribution in [0.25, 0.3) is 0 Å². The molecule has 0 spiro atoms. The minimum Gasteiger partial charge on any atom is -0.493 e. The van der Waals surface area contributed by atoms with Gasteiger partial charge in [0.25, 0.3) is 5.91 Å². The van der Waals surface area contributed by atoms with Gasteiger partial charge in [-0.25, -0.2) is 4.79 Å². The van der Waals surface area contributed by atoms with Crippen molar-refractivity contribution in [2.24, 2.45) is 0 Å². The normalized spacial score (nSPS) is 9.93. The van der Waals surface area contributed by atoms with E-state index in [-0.39, 0.29) is 0 Å². The van der Waals surface area contributed by atoms with E-state index in [0.717, 1.165) is 0 Å². The number of carbonyl (C=O) groups excluding carboxylic acids is 2. The number of amides is 1. The summed E-state index contributed by atoms with van der Waals surface area (Å²) in [7, 11) is 6.14. The lowest BCUT2D eigenvalue weighted by Gasteiger charge is -2.14. The summed E-state index contributed by atoms with van der Waals surface area (Å²) in [4.78, 5) is 24.3. The van der Waals surface area contributed by atoms with Gasteiger partial charge in [0.1, 0.15) is 0 Å². The molecule has 0 fully saturated rings. The maximum Gasteiger partial charge on any atom is 0.340 e. The molecule has 0 aromatic heterocycles. The van der Waals surface area contributed by atoms with Gasteiger partial charge in [-0.2, -0.15) is 0 Å². The Labute approximate surface area is 157 Å². The minimum absolute atomic E-state index is 0.348. The molecule has 2 rings (SSSR count). The van der Waals surface area contributed by atoms with Gasteiger partial charge < -0.3 is 29.6 Å². The van der Waals surface area contributed by atoms with Gasteiger partial charge in [0.15, 0.2) is 18.1 Å². The predicted octanol–water partition coefficient (Wildman–Crippen LogP) is 2.55. The van der Waals surface area contributed by atoms with Gasteiger partial charge in [0, 0.05) is 30.6 Å². The quantitative estimate of drug-likeness (QED) is 0.686. The van der Waals surface area contributed by atoms with Crippen LogP contribution >= 0.6 is 0 Å². The summed E-state index contributed by atoms with van der Waals surface area (Å²) < 4.78 is 20.8. The lowest BCUT2D eigenvalue weighted by molar-refractivity contribution is -0.119. The average molecular weight is 374 g/mol. The third-order valence-electron chi connectivity index (χ3n) is 3.70. The van der Waals surface area contributed by atoms with Crippen molar-refractivity contribution in [3.05, 3.63) is 42.0 Å². The number of benzene rings is 2. The van der Waals surface area contributed by atoms with Gasteiger partial charge >= 0.3 is 5.97 Å². The van der Waals surface area contributed by atoms with E-state index < -0.39 is 18.5 Å². The fourth-order valence-corrected chi connectivity index (χ4v) is 2.44. The van der Waals surface area contributed by atoms with E-state index in [2.05, 4.69) is 10.6 Å². The van der Waals surface area contributed by atoms with E-state index in [4.69, 9.17) is 18.9 Å². The summed E-state index contributed by atoms with van der Waals surface area (Å²) in [5.41, 5.74) is 1.38. The average Bonchev–Trinajstić information content (AvgIpc) is 2.70. The standard InChI is InChI=1S/C19H22N2O6/c1-20-14-8-6-5-7-13(14)19(23)27-11-17(22)21-12-9-15(24-2)18(26-4)16(10-12)25-3/h5-10,20H,11H2,1-4H3,(H,21,22). The highest BCUT2D eigenvalue weighted by Gasteiger charge is 2.16. The Kier molecular flexibility index (Phi) is 6.87. The van der Waals surface area contributed by atoms with Crippen molar-refractivity contribution in [2.75, 3.05) is 45.6 Å². The Morgan fingerprint density at radius 2 is 1.59 bits per heavy atom. The monoisotopic (exact) mass is 374 g/mol. The van der Waals surface area contributed by atoms with Crippen LogP contribution in [0.2, 0.25) is 0 Å². The molecule has 0 atom stereocenters. The summed E-state index contributed by atoms with van der Waals surface area (Å²) in [6.07, 6.45) is 0. The van der Waals surface area contributed by atoms with Crippen LogP contribution in [0, 0.1) is 0 Å². The topological polar surface area (TPSA) is 95.1 Å². The Hall–Kier alpha value is -3.42. The number of hydrogen-bond donors (Lipinski definition) is 2. The van der Waals surface area contributed by atoms with Crippen LogP contribution < -0.4 is 24.8 Å². The fourth-order valence-electron chi connectivity index (χ4n) is 2.44. The smallest absolute Gasteiger partial charge is 0.340 e. The van der Waals surface area contributed by atoms with Crippen molar-refractivity contribution in [1.82, 2.24) is 0 Å². The zero-order chi connectivity index (χ0) is 19.8. The molecule has 0 aliphatic rings. The Bertz CT molecular complexity index is 797. The first-order valence-corrected chi connectivity index (χ1v) is 8.07. The van der Waals surface area contributed by atoms with Crippen molar-refractivity contribution in [3.63, 3.8) is 0 Å². The van der Waals surface area contributed by atoms with Gasteiger partial charge in [-0.3, -0.25) is 4.79 Å². The molecule has 2 N–H and O–H groups in total. The molecule has 0 saturated heterocycles. The molecular weight excluding hydrogens is 352 g/mol. The molecule has 0 saturated carbocycles. The second kappa shape index (κ2) is 9.33. The summed E-state index contributed by atoms with van der Waals surface area (Å²) >= 11 is 0. The second-order valence-corrected chi connectivity index (χ2v) is 5.33. The Morgan fingerprint density at radius 3 is 2.15 bits per heavy atom. The molecule has 0 unspecified atom stereocenters. The highest BCUT2D eigenvalue weighted by Crippen LogP contribution is 2.39. The van der Waals surface area contributed by atoms with Crippen LogP contribution in [0.4, 0.5) is 11.4 Å². The van der Waals surface area contributed by atoms with Crippen LogP contribution in [-0.2, 0) is 9.53 Å². The first-order chi connectivity index (χ1) is 13.0. The van der Waals surface area contributed by atoms with Crippen molar-refractivity contribution in [1.29, 1.82) is 0 Å². The van der Waals surface area contributed by atoms with Gasteiger partial charge in [-0.15, -0.1) is 0 Å². The Morgan fingerprint density at radius 1 is 0.963 bits per heavy atom. The summed E-state index contributed by atoms with van der Waals surface area (Å²) in [6, 6.07) is 10.0. The van der Waals surface area contributed by atoms with Crippen molar-refractivity contribution in [2.45, 2.75) is 0 Å². The lowest BCUT2D eigenvalue weighted by atomic mass is 10.2. The van der Waals surface area contributed by atoms with Crippen LogP contribution in [0.15, 0.2) is 36.4 Å². The number of rotatable bonds is 8. The predicted molar refractivity (Wildman–Crippen MR) is 101 cm³/mol. The van der Waals surface area contributed by atoms with Crippen molar-refractivity contribution < 1.29 is 28.5 Å². The SMILES string of the molecule is CNc1ccccc1C(=O)OCC(=O)Nc1cc(OC)c(OC)c(OC)c1. The first-order valence-electron chi connectivity index (χ1n) is 8.07. The molecule has 8 nitrogen and oxygen atoms in total. The van der Waals surface area contributed by atoms with Crippen molar-refractivity contribution >= 4 is 23.3 Å². The third kappa shape index (κ3) is 4.81. The number of anilines is 2. The second-order valence-electron chi connectivity index (χ2n) is 5.33. The van der Waals surface area contributed by atoms with Crippen LogP contribution in [0.3, 0.4) is 0 Å². The summed E-state index contributed by atoms with van der Waals surface area (Å²) in [5.74, 6) is 0.104. The largest absolute Gasteiger partial charge is 0.493 e. The zero-order valence-electron chi connectivity index (χ0n) is 15.6. The molecule has 144 valence electrons. The number of para-hydroxylation sites is 1. The Balaban J connectivity index is 2.04. The van der Waals surface area contributed by atoms with Crippen LogP contribution in [-0.4, -0.2) is 46.9 Å². The molecule has 0 radical (unpaired) electrons. The van der Waals surface area contributed by atoms with E-state index in [1.807, 2.05) is 0 Å². The molecule has 1 amide bonds. The molecule has 8 heteroatoms. The van der Waals surface area contributed by atoms with E-state index in [1.54, 1.807) is 43.4 Å². The molecule has 0 heterocycles. The van der Waals surface area contributed by atoms with E-state index in [1.165, 1.54) is 21.3 Å². The summed E-state index contributed by atoms with van der Waals surface area (Å²) in [5, 5.41) is 5.53. The van der Waals surface area contributed by atoms with E-state index >= 15 is 0 Å². The van der Waals surface area contributed by atoms with Crippen LogP contribution in [0.5, 0.6) is 17.2 Å². The molecule has 0 bridgehead atoms. The highest BCUT2D eigenvalue weighted by atomic mass is 16.5. The van der Waals surface area contributed by atoms with Crippen molar-refractivity contribution in [3.8, 4) is 17.2 Å².